The van der Waals surface area contributed by atoms with E-state index in [1.165, 1.54) is 0 Å². The van der Waals surface area contributed by atoms with Gasteiger partial charge in [0.2, 0.25) is 5.91 Å². The zero-order valence-electron chi connectivity index (χ0n) is 14.8. The van der Waals surface area contributed by atoms with Gasteiger partial charge in [-0.15, -0.1) is 0 Å². The second-order valence-electron chi connectivity index (χ2n) is 7.42. The number of carbonyl (C=O) groups is 2. The van der Waals surface area contributed by atoms with Crippen LogP contribution in [0.3, 0.4) is 0 Å². The van der Waals surface area contributed by atoms with Crippen molar-refractivity contribution in [3.63, 3.8) is 0 Å². The lowest BCUT2D eigenvalue weighted by Gasteiger charge is -2.30. The topological polar surface area (TPSA) is 67.4 Å². The summed E-state index contributed by atoms with van der Waals surface area (Å²) in [6.45, 7) is 5.56. The number of nitrogens with one attached hydrogen (secondary N) is 2. The molecule has 1 aliphatic carbocycles. The first kappa shape index (κ1) is 18.3. The van der Waals surface area contributed by atoms with Crippen molar-refractivity contribution in [3.05, 3.63) is 35.9 Å². The van der Waals surface area contributed by atoms with E-state index in [0.29, 0.717) is 6.42 Å². The van der Waals surface area contributed by atoms with Gasteiger partial charge in [-0.25, -0.2) is 4.79 Å². The fraction of sp³-hybridized carbons (Fsp3) is 0.579. The van der Waals surface area contributed by atoms with Gasteiger partial charge in [-0.2, -0.15) is 0 Å². The lowest BCUT2D eigenvalue weighted by atomic mass is 9.91. The molecule has 0 unspecified atom stereocenters. The summed E-state index contributed by atoms with van der Waals surface area (Å²) in [7, 11) is 0. The van der Waals surface area contributed by atoms with E-state index >= 15 is 0 Å². The fourth-order valence-electron chi connectivity index (χ4n) is 2.92. The maximum Gasteiger partial charge on any atom is 0.407 e. The molecule has 5 nitrogen and oxygen atoms in total. The monoisotopic (exact) mass is 332 g/mol. The Morgan fingerprint density at radius 1 is 1.00 bits per heavy atom. The molecule has 0 saturated heterocycles. The Bertz CT molecular complexity index is 543. The molecule has 0 heterocycles. The molecule has 1 aliphatic rings. The molecule has 0 aliphatic heterocycles. The van der Waals surface area contributed by atoms with E-state index < -0.39 is 5.60 Å². The quantitative estimate of drug-likeness (QED) is 0.890. The normalized spacial score (nSPS) is 21.0. The van der Waals surface area contributed by atoms with Gasteiger partial charge in [-0.1, -0.05) is 30.3 Å². The third-order valence-electron chi connectivity index (χ3n) is 4.02. The van der Waals surface area contributed by atoms with E-state index in [-0.39, 0.29) is 24.1 Å². The van der Waals surface area contributed by atoms with Gasteiger partial charge >= 0.3 is 6.09 Å². The van der Waals surface area contributed by atoms with Gasteiger partial charge in [0.05, 0.1) is 6.42 Å². The third kappa shape index (κ3) is 6.60. The van der Waals surface area contributed by atoms with Crippen LogP contribution >= 0.6 is 0 Å². The van der Waals surface area contributed by atoms with Crippen molar-refractivity contribution in [1.29, 1.82) is 0 Å². The van der Waals surface area contributed by atoms with Crippen molar-refractivity contribution in [3.8, 4) is 0 Å². The van der Waals surface area contributed by atoms with Gasteiger partial charge in [0.25, 0.3) is 0 Å². The molecule has 24 heavy (non-hydrogen) atoms. The lowest BCUT2D eigenvalue weighted by molar-refractivity contribution is -0.121. The Morgan fingerprint density at radius 3 is 2.08 bits per heavy atom. The van der Waals surface area contributed by atoms with Crippen molar-refractivity contribution in [2.75, 3.05) is 0 Å². The molecule has 132 valence electrons. The second kappa shape index (κ2) is 8.18. The first-order valence-corrected chi connectivity index (χ1v) is 8.64. The SMILES string of the molecule is CC(C)(C)OC(=O)NC1CCC(NC(=O)Cc2ccccc2)CC1. The van der Waals surface area contributed by atoms with Gasteiger partial charge < -0.3 is 15.4 Å². The van der Waals surface area contributed by atoms with Crippen molar-refractivity contribution in [2.45, 2.75) is 70.6 Å². The number of rotatable bonds is 4. The first-order chi connectivity index (χ1) is 11.3. The largest absolute Gasteiger partial charge is 0.444 e. The van der Waals surface area contributed by atoms with Crippen LogP contribution in [0.2, 0.25) is 0 Å². The number of hydrogen-bond donors (Lipinski definition) is 2. The Kier molecular flexibility index (Phi) is 6.23. The van der Waals surface area contributed by atoms with Crippen LogP contribution < -0.4 is 10.6 Å². The maximum absolute atomic E-state index is 12.1. The molecule has 1 aromatic carbocycles. The highest BCUT2D eigenvalue weighted by atomic mass is 16.6. The van der Waals surface area contributed by atoms with E-state index in [4.69, 9.17) is 4.74 Å². The van der Waals surface area contributed by atoms with E-state index in [9.17, 15) is 9.59 Å². The number of amides is 2. The highest BCUT2D eigenvalue weighted by Gasteiger charge is 2.25. The molecule has 0 atom stereocenters. The lowest BCUT2D eigenvalue weighted by Crippen LogP contribution is -2.45. The van der Waals surface area contributed by atoms with Crippen LogP contribution in [-0.4, -0.2) is 29.7 Å². The molecule has 0 bridgehead atoms. The summed E-state index contributed by atoms with van der Waals surface area (Å²) >= 11 is 0. The second-order valence-corrected chi connectivity index (χ2v) is 7.42. The van der Waals surface area contributed by atoms with Gasteiger partial charge in [-0.3, -0.25) is 4.79 Å². The predicted octanol–water partition coefficient (Wildman–Crippen LogP) is 3.18. The van der Waals surface area contributed by atoms with Gasteiger partial charge in [-0.05, 0) is 52.0 Å². The van der Waals surface area contributed by atoms with E-state index in [1.807, 2.05) is 51.1 Å². The molecule has 1 fully saturated rings. The Hall–Kier alpha value is -2.04. The Morgan fingerprint density at radius 2 is 1.54 bits per heavy atom. The van der Waals surface area contributed by atoms with Crippen molar-refractivity contribution in [1.82, 2.24) is 10.6 Å². The van der Waals surface area contributed by atoms with Gasteiger partial charge in [0, 0.05) is 12.1 Å². The Balaban J connectivity index is 1.69. The molecule has 0 radical (unpaired) electrons. The molecule has 5 heteroatoms. The van der Waals surface area contributed by atoms with E-state index in [2.05, 4.69) is 10.6 Å². The molecule has 0 aromatic heterocycles. The standard InChI is InChI=1S/C19H28N2O3/c1-19(2,3)24-18(23)21-16-11-9-15(10-12-16)20-17(22)13-14-7-5-4-6-8-14/h4-8,15-16H,9-13H2,1-3H3,(H,20,22)(H,21,23). The molecule has 2 rings (SSSR count). The van der Waals surface area contributed by atoms with Gasteiger partial charge in [0.15, 0.2) is 0 Å². The van der Waals surface area contributed by atoms with E-state index in [1.54, 1.807) is 0 Å². The van der Waals surface area contributed by atoms with Crippen LogP contribution in [-0.2, 0) is 16.0 Å². The van der Waals surface area contributed by atoms with Crippen molar-refractivity contribution in [2.24, 2.45) is 0 Å². The summed E-state index contributed by atoms with van der Waals surface area (Å²) in [6.07, 6.45) is 3.52. The number of hydrogen-bond acceptors (Lipinski definition) is 3. The molecule has 1 aromatic rings. The smallest absolute Gasteiger partial charge is 0.407 e. The molecule has 2 N–H and O–H groups in total. The van der Waals surface area contributed by atoms with Crippen molar-refractivity contribution < 1.29 is 14.3 Å². The summed E-state index contributed by atoms with van der Waals surface area (Å²) in [5.41, 5.74) is 0.544. The van der Waals surface area contributed by atoms with Crippen LogP contribution in [0.1, 0.15) is 52.0 Å². The molecular weight excluding hydrogens is 304 g/mol. The van der Waals surface area contributed by atoms with Crippen molar-refractivity contribution >= 4 is 12.0 Å². The minimum atomic E-state index is -0.479. The number of carbonyl (C=O) groups excluding carboxylic acids is 2. The zero-order valence-corrected chi connectivity index (χ0v) is 14.8. The first-order valence-electron chi connectivity index (χ1n) is 8.64. The zero-order chi connectivity index (χ0) is 17.6. The van der Waals surface area contributed by atoms with Crippen LogP contribution in [0, 0.1) is 0 Å². The summed E-state index contributed by atoms with van der Waals surface area (Å²) in [5, 5.41) is 6.01. The number of alkyl carbamates (subject to hydrolysis) is 1. The summed E-state index contributed by atoms with van der Waals surface area (Å²) in [6, 6.07) is 10.1. The predicted molar refractivity (Wildman–Crippen MR) is 93.7 cm³/mol. The molecule has 1 saturated carbocycles. The van der Waals surface area contributed by atoms with Gasteiger partial charge in [0.1, 0.15) is 5.60 Å². The highest BCUT2D eigenvalue weighted by Crippen LogP contribution is 2.19. The van der Waals surface area contributed by atoms with Crippen LogP contribution in [0.25, 0.3) is 0 Å². The summed E-state index contributed by atoms with van der Waals surface area (Å²) in [4.78, 5) is 23.9. The third-order valence-corrected chi connectivity index (χ3v) is 4.02. The summed E-state index contributed by atoms with van der Waals surface area (Å²) < 4.78 is 5.28. The average molecular weight is 332 g/mol. The van der Waals surface area contributed by atoms with E-state index in [0.717, 1.165) is 31.2 Å². The molecule has 2 amide bonds. The number of ether oxygens (including phenoxy) is 1. The molecular formula is C19H28N2O3. The van der Waals surface area contributed by atoms with Crippen LogP contribution in [0.5, 0.6) is 0 Å². The summed E-state index contributed by atoms with van der Waals surface area (Å²) in [5.74, 6) is 0.0600. The minimum absolute atomic E-state index is 0.0600. The number of benzene rings is 1. The molecule has 0 spiro atoms. The minimum Gasteiger partial charge on any atom is -0.444 e. The fourth-order valence-corrected chi connectivity index (χ4v) is 2.92. The maximum atomic E-state index is 12.1. The average Bonchev–Trinajstić information content (AvgIpc) is 2.48. The van der Waals surface area contributed by atoms with Crippen LogP contribution in [0.4, 0.5) is 4.79 Å². The highest BCUT2D eigenvalue weighted by molar-refractivity contribution is 5.78. The van der Waals surface area contributed by atoms with Crippen LogP contribution in [0.15, 0.2) is 30.3 Å². The Labute approximate surface area is 144 Å².